The predicted molar refractivity (Wildman–Crippen MR) is 132 cm³/mol. The van der Waals surface area contributed by atoms with Gasteiger partial charge >= 0.3 is 5.97 Å². The van der Waals surface area contributed by atoms with Crippen LogP contribution in [-0.4, -0.2) is 5.97 Å². The number of unbranched alkanes of at least 4 members (excludes halogenated alkanes) is 8. The van der Waals surface area contributed by atoms with Crippen molar-refractivity contribution in [1.82, 2.24) is 0 Å². The predicted octanol–water partition coefficient (Wildman–Crippen LogP) is 9.41. The van der Waals surface area contributed by atoms with Crippen molar-refractivity contribution in [3.63, 3.8) is 0 Å². The minimum Gasteiger partial charge on any atom is -0.451 e. The molecule has 3 heteroatoms. The molecular weight excluding hydrogens is 375 g/mol. The lowest BCUT2D eigenvalue weighted by Gasteiger charge is -2.50. The van der Waals surface area contributed by atoms with Crippen molar-refractivity contribution >= 4 is 15.4 Å². The van der Waals surface area contributed by atoms with E-state index in [-0.39, 0.29) is 16.8 Å². The maximum atomic E-state index is 13.5. The van der Waals surface area contributed by atoms with Gasteiger partial charge in [-0.25, -0.2) is 0 Å². The van der Waals surface area contributed by atoms with E-state index >= 15 is 0 Å². The van der Waals surface area contributed by atoms with Gasteiger partial charge in [0.2, 0.25) is 0 Å². The summed E-state index contributed by atoms with van der Waals surface area (Å²) in [5.74, 6) is 0.0603. The molecule has 0 aromatic rings. The lowest BCUT2D eigenvalue weighted by atomic mass is 9.53. The largest absolute Gasteiger partial charge is 0.451 e. The fourth-order valence-electron chi connectivity index (χ4n) is 5.34. The van der Waals surface area contributed by atoms with Crippen LogP contribution < -0.4 is 0 Å². The molecule has 2 nitrogen and oxygen atoms in total. The van der Waals surface area contributed by atoms with Gasteiger partial charge in [0.15, 0.2) is 0 Å². The van der Waals surface area contributed by atoms with Crippen LogP contribution in [0.5, 0.6) is 0 Å². The van der Waals surface area contributed by atoms with E-state index in [1.807, 2.05) is 0 Å². The van der Waals surface area contributed by atoms with Crippen LogP contribution in [0.15, 0.2) is 0 Å². The molecule has 0 fully saturated rings. The van der Waals surface area contributed by atoms with Gasteiger partial charge in [0, 0.05) is 0 Å². The molecule has 0 saturated heterocycles. The molecule has 0 aliphatic carbocycles. The first-order valence-corrected chi connectivity index (χ1v) is 13.4. The number of hydrogen-bond donors (Lipinski definition) is 0. The number of rotatable bonds is 20. The normalized spacial score (nSPS) is 12.3. The van der Waals surface area contributed by atoms with Gasteiger partial charge in [0.25, 0.3) is 0 Å². The van der Waals surface area contributed by atoms with E-state index in [0.29, 0.717) is 0 Å². The van der Waals surface area contributed by atoms with E-state index in [0.717, 1.165) is 38.5 Å². The lowest BCUT2D eigenvalue weighted by Crippen LogP contribution is -2.48. The molecule has 0 aromatic heterocycles. The molecule has 0 radical (unpaired) electrons. The maximum absolute atomic E-state index is 13.5. The van der Waals surface area contributed by atoms with Gasteiger partial charge in [-0.05, 0) is 37.5 Å². The molecular formula is C26H53O2P. The van der Waals surface area contributed by atoms with Crippen molar-refractivity contribution < 1.29 is 9.32 Å². The van der Waals surface area contributed by atoms with Crippen molar-refractivity contribution in [2.24, 2.45) is 10.8 Å². The molecule has 0 aliphatic heterocycles. The van der Waals surface area contributed by atoms with Crippen molar-refractivity contribution in [1.29, 1.82) is 0 Å². The second-order valence-corrected chi connectivity index (χ2v) is 9.58. The first-order valence-electron chi connectivity index (χ1n) is 12.9. The highest BCUT2D eigenvalue weighted by Gasteiger charge is 2.54. The summed E-state index contributed by atoms with van der Waals surface area (Å²) in [6.07, 6.45) is 21.5. The Kier molecular flexibility index (Phi) is 17.5. The summed E-state index contributed by atoms with van der Waals surface area (Å²) in [5.41, 5.74) is -0.209. The Morgan fingerprint density at radius 2 is 0.966 bits per heavy atom. The van der Waals surface area contributed by atoms with Crippen LogP contribution in [-0.2, 0) is 9.32 Å². The van der Waals surface area contributed by atoms with Crippen LogP contribution in [0.25, 0.3) is 0 Å². The summed E-state index contributed by atoms with van der Waals surface area (Å²) >= 11 is 0. The molecule has 0 bridgehead atoms. The third-order valence-corrected chi connectivity index (χ3v) is 7.42. The average Bonchev–Trinajstić information content (AvgIpc) is 2.75. The van der Waals surface area contributed by atoms with E-state index in [1.54, 1.807) is 0 Å². The van der Waals surface area contributed by atoms with Gasteiger partial charge in [-0.2, -0.15) is 0 Å². The first-order chi connectivity index (χ1) is 14.0. The highest BCUT2D eigenvalue weighted by Crippen LogP contribution is 2.57. The zero-order valence-electron chi connectivity index (χ0n) is 20.6. The SMILES string of the molecule is CCCCCCCC(CCCC)(CCCC)C(CCCC)(CCCC)C(=O)OP. The van der Waals surface area contributed by atoms with Gasteiger partial charge in [0.1, 0.15) is 0 Å². The minimum absolute atomic E-state index is 0.0603. The molecule has 0 N–H and O–H groups in total. The molecule has 174 valence electrons. The highest BCUT2D eigenvalue weighted by atomic mass is 31.0. The standard InChI is InChI=1S/C26H53O2P/c1-6-11-16-17-18-21-25(19-12-7-2,20-13-8-3)26(22-14-9-4,23-15-10-5)24(27)28-29/h6-23,29H2,1-5H3. The Bertz CT molecular complexity index is 378. The quantitative estimate of drug-likeness (QED) is 0.142. The Morgan fingerprint density at radius 1 is 0.586 bits per heavy atom. The Labute approximate surface area is 186 Å². The molecule has 0 spiro atoms. The molecule has 0 amide bonds. The van der Waals surface area contributed by atoms with Crippen molar-refractivity contribution in [3.8, 4) is 0 Å². The van der Waals surface area contributed by atoms with Crippen LogP contribution in [0.2, 0.25) is 0 Å². The fourth-order valence-corrected chi connectivity index (χ4v) is 5.56. The zero-order valence-corrected chi connectivity index (χ0v) is 21.8. The van der Waals surface area contributed by atoms with Gasteiger partial charge < -0.3 is 4.52 Å². The summed E-state index contributed by atoms with van der Waals surface area (Å²) in [5, 5.41) is 0. The number of hydrogen-bond acceptors (Lipinski definition) is 2. The minimum atomic E-state index is -0.310. The van der Waals surface area contributed by atoms with E-state index in [4.69, 9.17) is 4.52 Å². The molecule has 29 heavy (non-hydrogen) atoms. The van der Waals surface area contributed by atoms with E-state index in [2.05, 4.69) is 44.1 Å². The summed E-state index contributed by atoms with van der Waals surface area (Å²) in [6.45, 7) is 11.4. The summed E-state index contributed by atoms with van der Waals surface area (Å²) in [4.78, 5) is 13.5. The Hall–Kier alpha value is -0.100. The Balaban J connectivity index is 6.07. The van der Waals surface area contributed by atoms with Crippen molar-refractivity contribution in [2.75, 3.05) is 0 Å². The van der Waals surface area contributed by atoms with E-state index in [9.17, 15) is 4.79 Å². The number of carbonyl (C=O) groups excluding carboxylic acids is 1. The van der Waals surface area contributed by atoms with Crippen molar-refractivity contribution in [3.05, 3.63) is 0 Å². The van der Waals surface area contributed by atoms with Crippen LogP contribution in [0.1, 0.15) is 150 Å². The van der Waals surface area contributed by atoms with Crippen LogP contribution in [0.4, 0.5) is 0 Å². The van der Waals surface area contributed by atoms with Gasteiger partial charge in [-0.3, -0.25) is 4.79 Å². The zero-order chi connectivity index (χ0) is 22.0. The molecule has 0 saturated carbocycles. The molecule has 0 aromatic carbocycles. The third-order valence-electron chi connectivity index (χ3n) is 7.20. The first kappa shape index (κ1) is 28.9. The molecule has 1 atom stereocenters. The summed E-state index contributed by atoms with van der Waals surface area (Å²) in [6, 6.07) is 0. The monoisotopic (exact) mass is 428 g/mol. The highest BCUT2D eigenvalue weighted by molar-refractivity contribution is 7.10. The second kappa shape index (κ2) is 17.6. The molecule has 1 unspecified atom stereocenters. The lowest BCUT2D eigenvalue weighted by molar-refractivity contribution is -0.159. The summed E-state index contributed by atoms with van der Waals surface area (Å²) < 4.78 is 5.50. The third kappa shape index (κ3) is 9.28. The van der Waals surface area contributed by atoms with Gasteiger partial charge in [0.05, 0.1) is 14.9 Å². The van der Waals surface area contributed by atoms with Crippen LogP contribution in [0, 0.1) is 10.8 Å². The summed E-state index contributed by atoms with van der Waals surface area (Å²) in [7, 11) is 2.29. The fraction of sp³-hybridized carbons (Fsp3) is 0.962. The average molecular weight is 429 g/mol. The van der Waals surface area contributed by atoms with Crippen LogP contribution in [0.3, 0.4) is 0 Å². The van der Waals surface area contributed by atoms with Crippen molar-refractivity contribution in [2.45, 2.75) is 150 Å². The van der Waals surface area contributed by atoms with E-state index < -0.39 is 0 Å². The molecule has 0 heterocycles. The topological polar surface area (TPSA) is 26.3 Å². The van der Waals surface area contributed by atoms with Gasteiger partial charge in [-0.15, -0.1) is 0 Å². The maximum Gasteiger partial charge on any atom is 0.314 e. The second-order valence-electron chi connectivity index (χ2n) is 9.35. The Morgan fingerprint density at radius 3 is 1.38 bits per heavy atom. The molecule has 0 rings (SSSR count). The molecule has 0 aliphatic rings. The van der Waals surface area contributed by atoms with Gasteiger partial charge in [-0.1, -0.05) is 118 Å². The van der Waals surface area contributed by atoms with E-state index in [1.165, 1.54) is 77.0 Å². The number of carbonyl (C=O) groups is 1. The smallest absolute Gasteiger partial charge is 0.314 e. The van der Waals surface area contributed by atoms with Crippen LogP contribution >= 0.6 is 9.47 Å².